The van der Waals surface area contributed by atoms with Gasteiger partial charge in [0.1, 0.15) is 12.3 Å². The summed E-state index contributed by atoms with van der Waals surface area (Å²) < 4.78 is 15.7. The van der Waals surface area contributed by atoms with Crippen molar-refractivity contribution >= 4 is 10.9 Å². The Morgan fingerprint density at radius 1 is 0.923 bits per heavy atom. The van der Waals surface area contributed by atoms with Crippen LogP contribution in [0.15, 0.2) is 85.1 Å². The highest BCUT2D eigenvalue weighted by atomic mass is 19.1. The summed E-state index contributed by atoms with van der Waals surface area (Å²) in [4.78, 5) is 0. The Balaban J connectivity index is 1.73. The summed E-state index contributed by atoms with van der Waals surface area (Å²) in [5, 5.41) is 16.2. The molecule has 0 bridgehead atoms. The number of hydrogen-bond donors (Lipinski definition) is 1. The molecule has 0 saturated carbocycles. The van der Waals surface area contributed by atoms with Crippen molar-refractivity contribution in [2.75, 3.05) is 6.67 Å². The normalized spacial score (nSPS) is 13.6. The number of hydrogen-bond acceptors (Lipinski definition) is 2. The van der Waals surface area contributed by atoms with E-state index in [-0.39, 0.29) is 6.42 Å². The zero-order valence-corrected chi connectivity index (χ0v) is 14.2. The van der Waals surface area contributed by atoms with E-state index in [0.717, 1.165) is 22.2 Å². The van der Waals surface area contributed by atoms with Crippen molar-refractivity contribution in [1.29, 1.82) is 0 Å². The number of fused-ring (bicyclic) bond motifs is 1. The molecule has 4 heteroatoms. The molecule has 3 nitrogen and oxygen atoms in total. The number of aromatic nitrogens is 2. The lowest BCUT2D eigenvalue weighted by atomic mass is 9.88. The largest absolute Gasteiger partial charge is 0.382 e. The first kappa shape index (κ1) is 16.5. The first-order valence-electron chi connectivity index (χ1n) is 8.56. The van der Waals surface area contributed by atoms with Gasteiger partial charge in [0.15, 0.2) is 0 Å². The van der Waals surface area contributed by atoms with E-state index < -0.39 is 12.3 Å². The van der Waals surface area contributed by atoms with Gasteiger partial charge < -0.3 is 5.11 Å². The van der Waals surface area contributed by atoms with Crippen LogP contribution < -0.4 is 0 Å². The topological polar surface area (TPSA) is 38.1 Å². The van der Waals surface area contributed by atoms with Gasteiger partial charge in [0.05, 0.1) is 17.4 Å². The highest BCUT2D eigenvalue weighted by Crippen LogP contribution is 2.30. The highest BCUT2D eigenvalue weighted by molar-refractivity contribution is 5.81. The number of rotatable bonds is 5. The smallest absolute Gasteiger partial charge is 0.123 e. The van der Waals surface area contributed by atoms with E-state index in [9.17, 15) is 9.50 Å². The van der Waals surface area contributed by atoms with Crippen LogP contribution >= 0.6 is 0 Å². The zero-order chi connectivity index (χ0) is 18.0. The monoisotopic (exact) mass is 346 g/mol. The van der Waals surface area contributed by atoms with Crippen molar-refractivity contribution < 1.29 is 9.50 Å². The number of halogens is 1. The molecule has 1 aromatic heterocycles. The van der Waals surface area contributed by atoms with Gasteiger partial charge in [-0.2, -0.15) is 5.10 Å². The second-order valence-electron chi connectivity index (χ2n) is 6.49. The van der Waals surface area contributed by atoms with Crippen molar-refractivity contribution in [3.8, 4) is 5.69 Å². The summed E-state index contributed by atoms with van der Waals surface area (Å²) in [6, 6.07) is 24.8. The van der Waals surface area contributed by atoms with Gasteiger partial charge in [0.2, 0.25) is 0 Å². The molecule has 0 saturated heterocycles. The molecule has 1 heterocycles. The molecule has 1 unspecified atom stereocenters. The summed E-state index contributed by atoms with van der Waals surface area (Å²) in [6.07, 6.45) is 1.97. The third-order valence-electron chi connectivity index (χ3n) is 4.67. The molecule has 0 aliphatic carbocycles. The van der Waals surface area contributed by atoms with Gasteiger partial charge in [-0.3, -0.25) is 0 Å². The van der Waals surface area contributed by atoms with Crippen LogP contribution in [0.5, 0.6) is 0 Å². The number of aliphatic hydroxyl groups is 1. The standard InChI is InChI=1S/C22H19FN2O/c23-16-22(26,14-17-7-3-1-4-8-17)19-11-12-21-18(13-19)15-24-25(21)20-9-5-2-6-10-20/h1-13,15,26H,14,16H2. The Morgan fingerprint density at radius 3 is 2.31 bits per heavy atom. The minimum absolute atomic E-state index is 0.225. The van der Waals surface area contributed by atoms with Gasteiger partial charge in [0.25, 0.3) is 0 Å². The lowest BCUT2D eigenvalue weighted by Gasteiger charge is -2.26. The molecule has 0 spiro atoms. The third kappa shape index (κ3) is 3.00. The van der Waals surface area contributed by atoms with E-state index in [0.29, 0.717) is 5.56 Å². The van der Waals surface area contributed by atoms with E-state index in [4.69, 9.17) is 0 Å². The second-order valence-corrected chi connectivity index (χ2v) is 6.49. The van der Waals surface area contributed by atoms with Crippen molar-refractivity contribution in [2.24, 2.45) is 0 Å². The maximum atomic E-state index is 13.8. The van der Waals surface area contributed by atoms with Gasteiger partial charge >= 0.3 is 0 Å². The van der Waals surface area contributed by atoms with E-state index in [2.05, 4.69) is 5.10 Å². The summed E-state index contributed by atoms with van der Waals surface area (Å²) in [5.74, 6) is 0. The average molecular weight is 346 g/mol. The second kappa shape index (κ2) is 6.73. The van der Waals surface area contributed by atoms with E-state index in [1.165, 1.54) is 0 Å². The molecule has 0 amide bonds. The molecular formula is C22H19FN2O. The number of benzene rings is 3. The van der Waals surface area contributed by atoms with Gasteiger partial charge in [-0.1, -0.05) is 54.6 Å². The molecule has 4 rings (SSSR count). The first-order valence-corrected chi connectivity index (χ1v) is 8.56. The number of alkyl halides is 1. The Hall–Kier alpha value is -2.98. The maximum absolute atomic E-state index is 13.8. The minimum Gasteiger partial charge on any atom is -0.382 e. The fraction of sp³-hybridized carbons (Fsp3) is 0.136. The molecule has 4 aromatic rings. The summed E-state index contributed by atoms with van der Waals surface area (Å²) in [5.41, 5.74) is 1.78. The van der Waals surface area contributed by atoms with E-state index >= 15 is 0 Å². The van der Waals surface area contributed by atoms with Gasteiger partial charge in [0, 0.05) is 11.8 Å². The van der Waals surface area contributed by atoms with E-state index in [1.54, 1.807) is 12.3 Å². The van der Waals surface area contributed by atoms with Gasteiger partial charge in [-0.15, -0.1) is 0 Å². The molecular weight excluding hydrogens is 327 g/mol. The highest BCUT2D eigenvalue weighted by Gasteiger charge is 2.30. The Labute approximate surface area is 151 Å². The van der Waals surface area contributed by atoms with Crippen molar-refractivity contribution in [3.63, 3.8) is 0 Å². The van der Waals surface area contributed by atoms with Crippen LogP contribution in [0.25, 0.3) is 16.6 Å². The number of nitrogens with zero attached hydrogens (tertiary/aromatic N) is 2. The molecule has 0 aliphatic heterocycles. The molecule has 1 atom stereocenters. The lowest BCUT2D eigenvalue weighted by Crippen LogP contribution is -2.31. The van der Waals surface area contributed by atoms with Crippen LogP contribution in [0.3, 0.4) is 0 Å². The fourth-order valence-corrected chi connectivity index (χ4v) is 3.26. The molecule has 0 radical (unpaired) electrons. The quantitative estimate of drug-likeness (QED) is 0.581. The minimum atomic E-state index is -1.55. The summed E-state index contributed by atoms with van der Waals surface area (Å²) in [6.45, 7) is -0.847. The Bertz CT molecular complexity index is 1010. The predicted molar refractivity (Wildman–Crippen MR) is 101 cm³/mol. The Kier molecular flexibility index (Phi) is 4.27. The summed E-state index contributed by atoms with van der Waals surface area (Å²) in [7, 11) is 0. The third-order valence-corrected chi connectivity index (χ3v) is 4.67. The predicted octanol–water partition coefficient (Wildman–Crippen LogP) is 4.43. The Morgan fingerprint density at radius 2 is 1.62 bits per heavy atom. The first-order chi connectivity index (χ1) is 12.7. The maximum Gasteiger partial charge on any atom is 0.123 e. The van der Waals surface area contributed by atoms with Crippen molar-refractivity contribution in [3.05, 3.63) is 96.2 Å². The van der Waals surface area contributed by atoms with Crippen molar-refractivity contribution in [1.82, 2.24) is 9.78 Å². The zero-order valence-electron chi connectivity index (χ0n) is 14.2. The lowest BCUT2D eigenvalue weighted by molar-refractivity contribution is 0.0114. The van der Waals surface area contributed by atoms with Crippen LogP contribution in [-0.2, 0) is 12.0 Å². The van der Waals surface area contributed by atoms with Crippen LogP contribution in [0.4, 0.5) is 4.39 Å². The molecule has 3 aromatic carbocycles. The van der Waals surface area contributed by atoms with Crippen molar-refractivity contribution in [2.45, 2.75) is 12.0 Å². The number of para-hydroxylation sites is 1. The molecule has 130 valence electrons. The SMILES string of the molecule is OC(CF)(Cc1ccccc1)c1ccc2c(cnn2-c2ccccc2)c1. The van der Waals surface area contributed by atoms with Gasteiger partial charge in [-0.05, 0) is 35.4 Å². The van der Waals surface area contributed by atoms with Gasteiger partial charge in [-0.25, -0.2) is 9.07 Å². The van der Waals surface area contributed by atoms with Crippen LogP contribution in [0, 0.1) is 0 Å². The molecule has 26 heavy (non-hydrogen) atoms. The van der Waals surface area contributed by atoms with Crippen LogP contribution in [0.2, 0.25) is 0 Å². The molecule has 1 N–H and O–H groups in total. The van der Waals surface area contributed by atoms with E-state index in [1.807, 2.05) is 77.5 Å². The fourth-order valence-electron chi connectivity index (χ4n) is 3.26. The average Bonchev–Trinajstić information content (AvgIpc) is 3.12. The molecule has 0 aliphatic rings. The molecule has 0 fully saturated rings. The summed E-state index contributed by atoms with van der Waals surface area (Å²) >= 11 is 0. The van der Waals surface area contributed by atoms with Crippen LogP contribution in [0.1, 0.15) is 11.1 Å². The van der Waals surface area contributed by atoms with Crippen LogP contribution in [-0.4, -0.2) is 21.6 Å².